The van der Waals surface area contributed by atoms with Crippen molar-refractivity contribution in [3.05, 3.63) is 36.2 Å². The van der Waals surface area contributed by atoms with Crippen molar-refractivity contribution in [1.29, 1.82) is 0 Å². The van der Waals surface area contributed by atoms with Gasteiger partial charge in [0.15, 0.2) is 0 Å². The first-order valence-electron chi connectivity index (χ1n) is 7.32. The van der Waals surface area contributed by atoms with Gasteiger partial charge >= 0.3 is 0 Å². The van der Waals surface area contributed by atoms with Gasteiger partial charge in [0.2, 0.25) is 10.0 Å². The SMILES string of the molecule is Cn1cc(S(=O)(=O)NC[C@H]2CCn3ccnc3C2)cc1C(N)=O. The van der Waals surface area contributed by atoms with Gasteiger partial charge in [0, 0.05) is 45.1 Å². The Bertz CT molecular complexity index is 836. The third kappa shape index (κ3) is 3.15. The van der Waals surface area contributed by atoms with E-state index in [0.29, 0.717) is 6.54 Å². The lowest BCUT2D eigenvalue weighted by atomic mass is 9.98. The molecule has 124 valence electrons. The van der Waals surface area contributed by atoms with E-state index >= 15 is 0 Å². The normalized spacial score (nSPS) is 17.9. The molecule has 0 aromatic carbocycles. The molecule has 3 N–H and O–H groups in total. The molecule has 1 aliphatic rings. The number of hydrogen-bond donors (Lipinski definition) is 2. The highest BCUT2D eigenvalue weighted by molar-refractivity contribution is 7.89. The van der Waals surface area contributed by atoms with Crippen LogP contribution >= 0.6 is 0 Å². The summed E-state index contributed by atoms with van der Waals surface area (Å²) >= 11 is 0. The molecule has 0 unspecified atom stereocenters. The van der Waals surface area contributed by atoms with Crippen molar-refractivity contribution in [3.8, 4) is 0 Å². The molecule has 2 aromatic heterocycles. The molecule has 0 aliphatic carbocycles. The minimum absolute atomic E-state index is 0.0473. The van der Waals surface area contributed by atoms with Crippen LogP contribution < -0.4 is 10.5 Å². The number of rotatable bonds is 5. The van der Waals surface area contributed by atoms with E-state index < -0.39 is 15.9 Å². The molecule has 0 saturated carbocycles. The second kappa shape index (κ2) is 5.82. The van der Waals surface area contributed by atoms with Crippen LogP contribution in [-0.4, -0.2) is 35.0 Å². The highest BCUT2D eigenvalue weighted by atomic mass is 32.2. The summed E-state index contributed by atoms with van der Waals surface area (Å²) in [6, 6.07) is 1.29. The number of amides is 1. The van der Waals surface area contributed by atoms with Crippen LogP contribution in [0, 0.1) is 5.92 Å². The van der Waals surface area contributed by atoms with Gasteiger partial charge in [-0.1, -0.05) is 0 Å². The van der Waals surface area contributed by atoms with Crippen molar-refractivity contribution in [2.75, 3.05) is 6.54 Å². The maximum atomic E-state index is 12.4. The Hall–Kier alpha value is -2.13. The fourth-order valence-electron chi connectivity index (χ4n) is 2.83. The summed E-state index contributed by atoms with van der Waals surface area (Å²) in [6.07, 6.45) is 6.72. The maximum absolute atomic E-state index is 12.4. The summed E-state index contributed by atoms with van der Waals surface area (Å²) in [5, 5.41) is 0. The number of carbonyl (C=O) groups is 1. The third-order valence-electron chi connectivity index (χ3n) is 4.16. The zero-order chi connectivity index (χ0) is 16.6. The van der Waals surface area contributed by atoms with Gasteiger partial charge in [-0.05, 0) is 18.4 Å². The maximum Gasteiger partial charge on any atom is 0.265 e. The van der Waals surface area contributed by atoms with Gasteiger partial charge in [-0.2, -0.15) is 0 Å². The Morgan fingerprint density at radius 3 is 3.00 bits per heavy atom. The van der Waals surface area contributed by atoms with Crippen LogP contribution in [0.4, 0.5) is 0 Å². The Morgan fingerprint density at radius 2 is 2.30 bits per heavy atom. The van der Waals surface area contributed by atoms with Crippen molar-refractivity contribution in [3.63, 3.8) is 0 Å². The van der Waals surface area contributed by atoms with Crippen LogP contribution in [0.15, 0.2) is 29.6 Å². The first kappa shape index (κ1) is 15.8. The Morgan fingerprint density at radius 1 is 1.52 bits per heavy atom. The summed E-state index contributed by atoms with van der Waals surface area (Å²) in [7, 11) is -2.08. The molecule has 8 nitrogen and oxygen atoms in total. The van der Waals surface area contributed by atoms with E-state index in [2.05, 4.69) is 14.3 Å². The summed E-state index contributed by atoms with van der Waals surface area (Å²) in [5.74, 6) is 0.531. The Kier molecular flexibility index (Phi) is 3.99. The lowest BCUT2D eigenvalue weighted by molar-refractivity contribution is 0.0992. The molecule has 1 amide bonds. The van der Waals surface area contributed by atoms with Crippen molar-refractivity contribution in [2.24, 2.45) is 18.7 Å². The number of nitrogens with zero attached hydrogens (tertiary/aromatic N) is 3. The predicted molar refractivity (Wildman–Crippen MR) is 83.2 cm³/mol. The lowest BCUT2D eigenvalue weighted by Gasteiger charge is -2.23. The number of primary amides is 1. The molecule has 0 fully saturated rings. The summed E-state index contributed by atoms with van der Waals surface area (Å²) in [5.41, 5.74) is 5.37. The summed E-state index contributed by atoms with van der Waals surface area (Å²) < 4.78 is 30.8. The van der Waals surface area contributed by atoms with E-state index in [1.165, 1.54) is 16.8 Å². The van der Waals surface area contributed by atoms with E-state index in [-0.39, 0.29) is 16.5 Å². The summed E-state index contributed by atoms with van der Waals surface area (Å²) in [4.78, 5) is 15.6. The van der Waals surface area contributed by atoms with Crippen LogP contribution in [0.1, 0.15) is 22.7 Å². The minimum Gasteiger partial charge on any atom is -0.364 e. The Labute approximate surface area is 134 Å². The molecule has 1 atom stereocenters. The highest BCUT2D eigenvalue weighted by Gasteiger charge is 2.23. The fourth-order valence-corrected chi connectivity index (χ4v) is 4.01. The molecule has 0 radical (unpaired) electrons. The number of carbonyl (C=O) groups excluding carboxylic acids is 1. The van der Waals surface area contributed by atoms with Crippen LogP contribution in [0.3, 0.4) is 0 Å². The molecule has 1 aliphatic heterocycles. The van der Waals surface area contributed by atoms with Crippen molar-refractivity contribution >= 4 is 15.9 Å². The second-order valence-corrected chi connectivity index (χ2v) is 7.55. The zero-order valence-corrected chi connectivity index (χ0v) is 13.6. The average molecular weight is 337 g/mol. The quantitative estimate of drug-likeness (QED) is 0.791. The molecule has 9 heteroatoms. The number of aryl methyl sites for hydroxylation is 2. The topological polar surface area (TPSA) is 112 Å². The van der Waals surface area contributed by atoms with Crippen LogP contribution in [0.2, 0.25) is 0 Å². The van der Waals surface area contributed by atoms with Gasteiger partial charge in [0.05, 0.1) is 0 Å². The third-order valence-corrected chi connectivity index (χ3v) is 5.55. The standard InChI is InChI=1S/C14H19N5O3S/c1-18-9-11(7-12(18)14(15)20)23(21,22)17-8-10-2-4-19-5-3-16-13(19)6-10/h3,5,7,9-10,17H,2,4,6,8H2,1H3,(H2,15,20)/t10-/m0/s1. The molecule has 23 heavy (non-hydrogen) atoms. The predicted octanol–water partition coefficient (Wildman–Crippen LogP) is -0.139. The number of fused-ring (bicyclic) bond motifs is 1. The molecule has 2 aromatic rings. The van der Waals surface area contributed by atoms with Gasteiger partial charge in [0.1, 0.15) is 16.4 Å². The van der Waals surface area contributed by atoms with Crippen LogP contribution in [-0.2, 0) is 30.0 Å². The number of sulfonamides is 1. The largest absolute Gasteiger partial charge is 0.364 e. The molecular weight excluding hydrogens is 318 g/mol. The van der Waals surface area contributed by atoms with Gasteiger partial charge in [0.25, 0.3) is 5.91 Å². The average Bonchev–Trinajstić information content (AvgIpc) is 3.11. The van der Waals surface area contributed by atoms with Crippen LogP contribution in [0.25, 0.3) is 0 Å². The molecular formula is C14H19N5O3S. The summed E-state index contributed by atoms with van der Waals surface area (Å²) in [6.45, 7) is 1.19. The number of imidazole rings is 1. The lowest BCUT2D eigenvalue weighted by Crippen LogP contribution is -2.33. The van der Waals surface area contributed by atoms with E-state index in [1.54, 1.807) is 13.2 Å². The van der Waals surface area contributed by atoms with Gasteiger partial charge in [-0.25, -0.2) is 18.1 Å². The van der Waals surface area contributed by atoms with Crippen molar-refractivity contribution < 1.29 is 13.2 Å². The van der Waals surface area contributed by atoms with Gasteiger partial charge in [-0.15, -0.1) is 0 Å². The second-order valence-electron chi connectivity index (χ2n) is 5.78. The van der Waals surface area contributed by atoms with E-state index in [1.807, 2.05) is 6.20 Å². The number of hydrogen-bond acceptors (Lipinski definition) is 4. The number of nitrogens with one attached hydrogen (secondary N) is 1. The molecule has 0 spiro atoms. The Balaban J connectivity index is 1.68. The highest BCUT2D eigenvalue weighted by Crippen LogP contribution is 2.19. The monoisotopic (exact) mass is 337 g/mol. The number of nitrogens with two attached hydrogens (primary N) is 1. The van der Waals surface area contributed by atoms with E-state index in [4.69, 9.17) is 5.73 Å². The molecule has 0 saturated heterocycles. The van der Waals surface area contributed by atoms with Gasteiger partial charge in [-0.3, -0.25) is 4.79 Å². The van der Waals surface area contributed by atoms with E-state index in [9.17, 15) is 13.2 Å². The minimum atomic E-state index is -3.66. The first-order chi connectivity index (χ1) is 10.9. The fraction of sp³-hybridized carbons (Fsp3) is 0.429. The zero-order valence-electron chi connectivity index (χ0n) is 12.8. The number of aromatic nitrogens is 3. The van der Waals surface area contributed by atoms with Crippen molar-refractivity contribution in [1.82, 2.24) is 18.8 Å². The molecule has 0 bridgehead atoms. The van der Waals surface area contributed by atoms with Gasteiger partial charge < -0.3 is 14.9 Å². The molecule has 3 rings (SSSR count). The smallest absolute Gasteiger partial charge is 0.265 e. The first-order valence-corrected chi connectivity index (χ1v) is 8.81. The molecule has 3 heterocycles. The van der Waals surface area contributed by atoms with Crippen LogP contribution in [0.5, 0.6) is 0 Å². The van der Waals surface area contributed by atoms with E-state index in [0.717, 1.165) is 25.2 Å². The van der Waals surface area contributed by atoms with Crippen molar-refractivity contribution in [2.45, 2.75) is 24.3 Å².